The first-order valence-corrected chi connectivity index (χ1v) is 30.1. The van der Waals surface area contributed by atoms with Crippen LogP contribution in [0.25, 0.3) is 122 Å². The minimum atomic E-state index is -0.266. The highest BCUT2D eigenvalue weighted by atomic mass is 15.1. The van der Waals surface area contributed by atoms with Crippen LogP contribution in [0.15, 0.2) is 273 Å². The van der Waals surface area contributed by atoms with Crippen LogP contribution >= 0.6 is 0 Å². The van der Waals surface area contributed by atoms with Gasteiger partial charge in [-0.2, -0.15) is 0 Å². The molecule has 404 valence electrons. The van der Waals surface area contributed by atoms with Crippen molar-refractivity contribution in [1.82, 2.24) is 13.7 Å². The summed E-state index contributed by atoms with van der Waals surface area (Å²) in [5, 5.41) is 6.38. The number of aromatic nitrogens is 3. The van der Waals surface area contributed by atoms with Gasteiger partial charge < -0.3 is 18.6 Å². The maximum atomic E-state index is 2.47. The second kappa shape index (κ2) is 19.3. The third-order valence-corrected chi connectivity index (χ3v) is 18.8. The molecule has 0 unspecified atom stereocenters. The van der Waals surface area contributed by atoms with Crippen LogP contribution in [0.3, 0.4) is 0 Å². The lowest BCUT2D eigenvalue weighted by atomic mass is 9.81. The minimum absolute atomic E-state index is 0.266. The molecule has 0 N–H and O–H groups in total. The molecular formula is C81H60N4. The standard InChI is InChI=1S/C81H60N4/c1-81(2)73-50-57(58-35-44-70-67-24-12-15-27-75(67)85(80(70)51-58)61-22-10-5-11-23-61)34-43-65(73)66-45-42-64(52-74(66)81)82(62-38-30-53(31-39-62)55-36-46-78-71(48-55)68-25-13-16-28-76(68)83(78)59-18-6-3-7-19-59)63-40-32-54(33-41-63)56-37-47-79-72(49-56)69-26-14-17-29-77(69)84(79)60-20-8-4-9-21-60/h3-8,10-15,17-20,22-27,29-52H,9,16,21,28H2,1-2H3. The van der Waals surface area contributed by atoms with Gasteiger partial charge in [-0.25, -0.2) is 0 Å². The van der Waals surface area contributed by atoms with E-state index in [0.717, 1.165) is 42.7 Å². The summed E-state index contributed by atoms with van der Waals surface area (Å²) in [5.41, 5.74) is 28.2. The molecule has 3 heterocycles. The molecule has 0 fully saturated rings. The topological polar surface area (TPSA) is 18.0 Å². The van der Waals surface area contributed by atoms with Crippen LogP contribution in [-0.2, 0) is 11.8 Å². The van der Waals surface area contributed by atoms with E-state index in [-0.39, 0.29) is 5.41 Å². The Kier molecular flexibility index (Phi) is 11.2. The monoisotopic (exact) mass is 1090 g/mol. The van der Waals surface area contributed by atoms with E-state index < -0.39 is 0 Å². The Bertz CT molecular complexity index is 5120. The van der Waals surface area contributed by atoms with Gasteiger partial charge in [0.1, 0.15) is 0 Å². The van der Waals surface area contributed by atoms with Crippen LogP contribution in [0.5, 0.6) is 0 Å². The van der Waals surface area contributed by atoms with E-state index in [1.165, 1.54) is 138 Å². The van der Waals surface area contributed by atoms with E-state index in [9.17, 15) is 0 Å². The van der Waals surface area contributed by atoms with Crippen molar-refractivity contribution in [2.24, 2.45) is 0 Å². The summed E-state index contributed by atoms with van der Waals surface area (Å²) in [5.74, 6) is 0. The maximum Gasteiger partial charge on any atom is 0.0547 e. The fraction of sp³-hybridized carbons (Fsp3) is 0.0864. The second-order valence-corrected chi connectivity index (χ2v) is 23.9. The number of rotatable bonds is 9. The molecule has 0 saturated carbocycles. The molecule has 0 saturated heterocycles. The molecule has 11 aromatic carbocycles. The van der Waals surface area contributed by atoms with E-state index >= 15 is 0 Å². The van der Waals surface area contributed by atoms with Gasteiger partial charge in [0, 0.05) is 77.7 Å². The van der Waals surface area contributed by atoms with Crippen molar-refractivity contribution in [3.63, 3.8) is 0 Å². The first kappa shape index (κ1) is 49.2. The molecule has 0 atom stereocenters. The van der Waals surface area contributed by atoms with E-state index in [1.807, 2.05) is 0 Å². The van der Waals surface area contributed by atoms with Crippen LogP contribution in [0.4, 0.5) is 17.1 Å². The van der Waals surface area contributed by atoms with Gasteiger partial charge in [0.2, 0.25) is 0 Å². The number of hydrogen-bond acceptors (Lipinski definition) is 1. The lowest BCUT2D eigenvalue weighted by Gasteiger charge is -2.28. The van der Waals surface area contributed by atoms with Gasteiger partial charge in [-0.05, 0) is 197 Å². The van der Waals surface area contributed by atoms with E-state index in [0.29, 0.717) is 0 Å². The van der Waals surface area contributed by atoms with Crippen LogP contribution in [-0.4, -0.2) is 13.7 Å². The highest BCUT2D eigenvalue weighted by Crippen LogP contribution is 2.52. The molecule has 0 amide bonds. The Labute approximate surface area is 495 Å². The van der Waals surface area contributed by atoms with Crippen molar-refractivity contribution < 1.29 is 0 Å². The van der Waals surface area contributed by atoms with Crippen LogP contribution in [0.2, 0.25) is 0 Å². The lowest BCUT2D eigenvalue weighted by Crippen LogP contribution is -2.16. The Hall–Kier alpha value is -10.4. The van der Waals surface area contributed by atoms with Gasteiger partial charge >= 0.3 is 0 Å². The average Bonchev–Trinajstić information content (AvgIpc) is 2.24. The van der Waals surface area contributed by atoms with Gasteiger partial charge in [0.25, 0.3) is 0 Å². The third kappa shape index (κ3) is 7.82. The quantitative estimate of drug-likeness (QED) is 0.141. The van der Waals surface area contributed by atoms with Crippen molar-refractivity contribution in [3.8, 4) is 55.9 Å². The Morgan fingerprint density at radius 2 is 0.847 bits per heavy atom. The number of allylic oxidation sites excluding steroid dienone is 5. The Balaban J connectivity index is 0.755. The van der Waals surface area contributed by atoms with Crippen molar-refractivity contribution in [2.45, 2.75) is 44.9 Å². The van der Waals surface area contributed by atoms with Crippen LogP contribution in [0, 0.1) is 0 Å². The molecule has 0 radical (unpaired) electrons. The molecular weight excluding hydrogens is 1030 g/mol. The summed E-state index contributed by atoms with van der Waals surface area (Å²) in [6.45, 7) is 4.82. The predicted octanol–water partition coefficient (Wildman–Crippen LogP) is 21.8. The number of para-hydroxylation sites is 4. The number of nitrogens with zero attached hydrogens (tertiary/aromatic N) is 4. The van der Waals surface area contributed by atoms with Crippen molar-refractivity contribution in [2.75, 3.05) is 4.90 Å². The number of benzene rings is 11. The summed E-state index contributed by atoms with van der Waals surface area (Å²) < 4.78 is 7.35. The van der Waals surface area contributed by atoms with Crippen LogP contribution in [0.1, 0.15) is 55.5 Å². The van der Waals surface area contributed by atoms with Crippen molar-refractivity contribution in [1.29, 1.82) is 0 Å². The van der Waals surface area contributed by atoms with Gasteiger partial charge in [0.15, 0.2) is 0 Å². The van der Waals surface area contributed by atoms with E-state index in [2.05, 4.69) is 312 Å². The van der Waals surface area contributed by atoms with Crippen molar-refractivity contribution in [3.05, 3.63) is 295 Å². The molecule has 4 heteroatoms. The van der Waals surface area contributed by atoms with Crippen LogP contribution < -0.4 is 4.90 Å². The molecule has 14 aromatic rings. The minimum Gasteiger partial charge on any atom is -0.313 e. The largest absolute Gasteiger partial charge is 0.313 e. The Morgan fingerprint density at radius 3 is 1.53 bits per heavy atom. The summed E-state index contributed by atoms with van der Waals surface area (Å²) in [7, 11) is 0. The lowest BCUT2D eigenvalue weighted by molar-refractivity contribution is 0.660. The van der Waals surface area contributed by atoms with Gasteiger partial charge in [-0.1, -0.05) is 178 Å². The number of anilines is 3. The Morgan fingerprint density at radius 1 is 0.353 bits per heavy atom. The first-order chi connectivity index (χ1) is 41.9. The molecule has 0 bridgehead atoms. The zero-order valence-electron chi connectivity index (χ0n) is 47.7. The van der Waals surface area contributed by atoms with Gasteiger partial charge in [-0.15, -0.1) is 0 Å². The average molecular weight is 1090 g/mol. The smallest absolute Gasteiger partial charge is 0.0547 e. The fourth-order valence-corrected chi connectivity index (χ4v) is 14.6. The van der Waals surface area contributed by atoms with E-state index in [4.69, 9.17) is 0 Å². The number of fused-ring (bicyclic) bond motifs is 12. The van der Waals surface area contributed by atoms with Gasteiger partial charge in [-0.3, -0.25) is 0 Å². The zero-order valence-corrected chi connectivity index (χ0v) is 47.7. The summed E-state index contributed by atoms with van der Waals surface area (Å²) in [4.78, 5) is 2.45. The van der Waals surface area contributed by atoms with Crippen molar-refractivity contribution >= 4 is 83.3 Å². The van der Waals surface area contributed by atoms with E-state index in [1.54, 1.807) is 0 Å². The second-order valence-electron chi connectivity index (χ2n) is 23.9. The molecule has 3 aliphatic carbocycles. The molecule has 0 spiro atoms. The first-order valence-electron chi connectivity index (χ1n) is 30.1. The fourth-order valence-electron chi connectivity index (χ4n) is 14.6. The molecule has 85 heavy (non-hydrogen) atoms. The summed E-state index contributed by atoms with van der Waals surface area (Å²) in [6, 6.07) is 93.1. The zero-order chi connectivity index (χ0) is 56.3. The molecule has 4 nitrogen and oxygen atoms in total. The third-order valence-electron chi connectivity index (χ3n) is 18.8. The normalized spacial score (nSPS) is 14.1. The predicted molar refractivity (Wildman–Crippen MR) is 359 cm³/mol. The summed E-state index contributed by atoms with van der Waals surface area (Å²) in [6.07, 6.45) is 15.6. The molecule has 0 aliphatic heterocycles. The number of hydrogen-bond donors (Lipinski definition) is 0. The highest BCUT2D eigenvalue weighted by Gasteiger charge is 2.37. The SMILES string of the molecule is CC1(C)c2cc(-c3ccc4c5ccccc5n(-c5ccccc5)c4c3)ccc2-c2ccc(N(c3ccc(-c4ccc5c(c4)c4c(n5-c5ccccc5)CCC=C4)cc3)c3ccc(-c4ccc5c(c4)c4ccccc4n5C4=CC=CCC4)cc3)cc21. The molecule has 3 aromatic heterocycles. The summed E-state index contributed by atoms with van der Waals surface area (Å²) >= 11 is 0. The molecule has 3 aliphatic rings. The van der Waals surface area contributed by atoms with Gasteiger partial charge in [0.05, 0.1) is 27.6 Å². The molecule has 17 rings (SSSR count). The highest BCUT2D eigenvalue weighted by molar-refractivity contribution is 6.12. The maximum absolute atomic E-state index is 2.47.